The van der Waals surface area contributed by atoms with Gasteiger partial charge in [-0.3, -0.25) is 9.59 Å². The van der Waals surface area contributed by atoms with E-state index in [4.69, 9.17) is 10.2 Å². The second-order valence-corrected chi connectivity index (χ2v) is 15.5. The summed E-state index contributed by atoms with van der Waals surface area (Å²) in [4.78, 5) is 20.8. The van der Waals surface area contributed by atoms with Gasteiger partial charge in [-0.1, -0.05) is 245 Å². The second-order valence-electron chi connectivity index (χ2n) is 15.5. The van der Waals surface area contributed by atoms with Crippen LogP contribution >= 0.6 is 0 Å². The minimum atomic E-state index is -0.651. The summed E-state index contributed by atoms with van der Waals surface area (Å²) < 4.78 is 0. The summed E-state index contributed by atoms with van der Waals surface area (Å²) >= 11 is 0. The quantitative estimate of drug-likeness (QED) is 0.0463. The highest BCUT2D eigenvalue weighted by Crippen LogP contribution is 2.16. The molecule has 0 radical (unpaired) electrons. The molecule has 0 heterocycles. The van der Waals surface area contributed by atoms with Gasteiger partial charge in [-0.2, -0.15) is 0 Å². The summed E-state index contributed by atoms with van der Waals surface area (Å²) in [5.74, 6) is -1.30. The number of unbranched alkanes of at least 4 members (excludes halogenated alkanes) is 36. The van der Waals surface area contributed by atoms with E-state index in [1.165, 1.54) is 225 Å². The minimum absolute atomic E-state index is 0.346. The maximum absolute atomic E-state index is 10.4. The predicted octanol–water partition coefficient (Wildman–Crippen LogP) is 15.2. The smallest absolute Gasteiger partial charge is 0.303 e. The number of hydrogen-bond acceptors (Lipinski definition) is 4. The van der Waals surface area contributed by atoms with E-state index in [1.807, 2.05) is 14.1 Å². The number of carboxylic acid groups (broad SMARTS) is 2. The summed E-state index contributed by atoms with van der Waals surface area (Å²) in [5, 5.41) is 19.9. The third-order valence-electron chi connectivity index (χ3n) is 9.99. The molecular weight excluding hydrogens is 657 g/mol. The van der Waals surface area contributed by atoms with Crippen molar-refractivity contribution in [1.29, 1.82) is 0 Å². The van der Waals surface area contributed by atoms with Crippen LogP contribution in [0.15, 0.2) is 0 Å². The Morgan fingerprint density at radius 1 is 0.321 bits per heavy atom. The largest absolute Gasteiger partial charge is 0.481 e. The highest BCUT2D eigenvalue weighted by Gasteiger charge is 1.99. The van der Waals surface area contributed by atoms with Gasteiger partial charge in [-0.05, 0) is 34.0 Å². The minimum Gasteiger partial charge on any atom is -0.481 e. The number of rotatable bonds is 40. The van der Waals surface area contributed by atoms with Crippen molar-refractivity contribution in [2.45, 2.75) is 271 Å². The molecule has 0 unspecified atom stereocenters. The monoisotopic (exact) mass is 757 g/mol. The van der Waals surface area contributed by atoms with E-state index in [2.05, 4.69) is 24.9 Å². The zero-order valence-corrected chi connectivity index (χ0v) is 37.1. The molecule has 0 saturated carbocycles. The molecule has 0 aliphatic heterocycles. The van der Waals surface area contributed by atoms with Crippen LogP contribution in [0.25, 0.3) is 0 Å². The number of carboxylic acids is 2. The normalized spacial score (nSPS) is 10.5. The molecule has 6 heteroatoms. The van der Waals surface area contributed by atoms with Crippen LogP contribution in [-0.2, 0) is 9.59 Å². The fourth-order valence-corrected chi connectivity index (χ4v) is 6.71. The van der Waals surface area contributed by atoms with Crippen LogP contribution < -0.4 is 11.1 Å². The fourth-order valence-electron chi connectivity index (χ4n) is 6.71. The topological polar surface area (TPSA) is 113 Å². The number of aliphatic carboxylic acids is 2. The molecule has 0 aromatic rings. The number of nitrogens with one attached hydrogen (secondary N) is 1. The van der Waals surface area contributed by atoms with E-state index in [-0.39, 0.29) is 0 Å². The summed E-state index contributed by atoms with van der Waals surface area (Å²) in [6, 6.07) is 0. The third-order valence-corrected chi connectivity index (χ3v) is 9.99. The Kier molecular flexibility index (Phi) is 66.4. The number of hydrogen-bond donors (Lipinski definition) is 4. The number of nitrogens with two attached hydrogens (primary N) is 1. The lowest BCUT2D eigenvalue weighted by Crippen LogP contribution is -1.93. The van der Waals surface area contributed by atoms with Gasteiger partial charge in [-0.25, -0.2) is 0 Å². The Bertz CT molecular complexity index is 580. The van der Waals surface area contributed by atoms with E-state index in [9.17, 15) is 9.59 Å². The summed E-state index contributed by atoms with van der Waals surface area (Å²) in [7, 11) is 5.25. The Hall–Kier alpha value is -1.14. The molecule has 0 spiro atoms. The zero-order chi connectivity index (χ0) is 40.1. The van der Waals surface area contributed by atoms with Crippen LogP contribution in [-0.4, -0.2) is 43.3 Å². The highest BCUT2D eigenvalue weighted by atomic mass is 16.4. The first kappa shape index (κ1) is 58.6. The Morgan fingerprint density at radius 2 is 0.434 bits per heavy atom. The molecule has 0 rings (SSSR count). The SMILES string of the molecule is CCCCCCCCCCCCCCCCCCCCCC(=O)O.CCCCCCCCCCCCCCCCCCCCCC(=O)O.CN.CNC. The number of carbonyl (C=O) groups is 2. The molecule has 0 aliphatic rings. The standard InChI is InChI=1S/2C22H44O2.C2H7N.CH5N/c2*1-2-3-4-5-6-7-8-9-10-11-12-13-14-15-16-17-18-19-20-21-22(23)24;1-3-2;1-2/h2*2-21H2,1H3,(H,23,24);3H,1-2H3;2H2,1H3. The van der Waals surface area contributed by atoms with Gasteiger partial charge in [-0.15, -0.1) is 0 Å². The molecule has 322 valence electrons. The van der Waals surface area contributed by atoms with Gasteiger partial charge in [0.15, 0.2) is 0 Å². The van der Waals surface area contributed by atoms with Crippen molar-refractivity contribution >= 4 is 11.9 Å². The predicted molar refractivity (Wildman–Crippen MR) is 236 cm³/mol. The zero-order valence-electron chi connectivity index (χ0n) is 37.1. The van der Waals surface area contributed by atoms with Crippen LogP contribution in [0.1, 0.15) is 271 Å². The average Bonchev–Trinajstić information content (AvgIpc) is 3.14. The van der Waals surface area contributed by atoms with Crippen LogP contribution in [0.2, 0.25) is 0 Å². The molecular formula is C47H100N2O4. The van der Waals surface area contributed by atoms with E-state index in [0.717, 1.165) is 25.7 Å². The molecule has 5 N–H and O–H groups in total. The van der Waals surface area contributed by atoms with Gasteiger partial charge in [0.2, 0.25) is 0 Å². The second kappa shape index (κ2) is 60.1. The van der Waals surface area contributed by atoms with Crippen LogP contribution in [0, 0.1) is 0 Å². The molecule has 0 saturated heterocycles. The molecule has 0 atom stereocenters. The molecule has 0 amide bonds. The molecule has 0 aromatic heterocycles. The molecule has 0 fully saturated rings. The van der Waals surface area contributed by atoms with Crippen LogP contribution in [0.5, 0.6) is 0 Å². The lowest BCUT2D eigenvalue weighted by Gasteiger charge is -2.03. The fraction of sp³-hybridized carbons (Fsp3) is 0.957. The van der Waals surface area contributed by atoms with E-state index >= 15 is 0 Å². The van der Waals surface area contributed by atoms with Crippen LogP contribution in [0.4, 0.5) is 0 Å². The molecule has 0 bridgehead atoms. The van der Waals surface area contributed by atoms with Gasteiger partial charge in [0.1, 0.15) is 0 Å². The summed E-state index contributed by atoms with van der Waals surface area (Å²) in [6.07, 6.45) is 52.2. The molecule has 6 nitrogen and oxygen atoms in total. The Labute approximate surface area is 333 Å². The van der Waals surface area contributed by atoms with Crippen molar-refractivity contribution in [1.82, 2.24) is 5.32 Å². The third kappa shape index (κ3) is 72.7. The van der Waals surface area contributed by atoms with Gasteiger partial charge >= 0.3 is 11.9 Å². The molecule has 0 aliphatic carbocycles. The van der Waals surface area contributed by atoms with E-state index in [0.29, 0.717) is 12.8 Å². The lowest BCUT2D eigenvalue weighted by atomic mass is 10.0. The van der Waals surface area contributed by atoms with E-state index in [1.54, 1.807) is 0 Å². The van der Waals surface area contributed by atoms with Gasteiger partial charge < -0.3 is 21.3 Å². The Morgan fingerprint density at radius 3 is 0.547 bits per heavy atom. The van der Waals surface area contributed by atoms with E-state index < -0.39 is 11.9 Å². The van der Waals surface area contributed by atoms with Gasteiger partial charge in [0, 0.05) is 12.8 Å². The van der Waals surface area contributed by atoms with Crippen molar-refractivity contribution < 1.29 is 19.8 Å². The highest BCUT2D eigenvalue weighted by molar-refractivity contribution is 5.66. The molecule has 53 heavy (non-hydrogen) atoms. The lowest BCUT2D eigenvalue weighted by molar-refractivity contribution is -0.138. The summed E-state index contributed by atoms with van der Waals surface area (Å²) in [6.45, 7) is 4.57. The van der Waals surface area contributed by atoms with Crippen molar-refractivity contribution in [3.8, 4) is 0 Å². The molecule has 0 aromatic carbocycles. The first-order valence-corrected chi connectivity index (χ1v) is 23.6. The summed E-state index contributed by atoms with van der Waals surface area (Å²) in [5.41, 5.74) is 4.50. The maximum atomic E-state index is 10.4. The van der Waals surface area contributed by atoms with Gasteiger partial charge in [0.25, 0.3) is 0 Å². The van der Waals surface area contributed by atoms with Crippen molar-refractivity contribution in [2.24, 2.45) is 5.73 Å². The Balaban J connectivity index is -0.000000403. The average molecular weight is 757 g/mol. The maximum Gasteiger partial charge on any atom is 0.303 e. The first-order chi connectivity index (χ1) is 26.0. The van der Waals surface area contributed by atoms with Gasteiger partial charge in [0.05, 0.1) is 0 Å². The van der Waals surface area contributed by atoms with Crippen molar-refractivity contribution in [3.63, 3.8) is 0 Å². The first-order valence-electron chi connectivity index (χ1n) is 23.6. The van der Waals surface area contributed by atoms with Crippen molar-refractivity contribution in [2.75, 3.05) is 21.1 Å². The van der Waals surface area contributed by atoms with Crippen LogP contribution in [0.3, 0.4) is 0 Å². The van der Waals surface area contributed by atoms with Crippen molar-refractivity contribution in [3.05, 3.63) is 0 Å².